The lowest BCUT2D eigenvalue weighted by Gasteiger charge is -2.03. The van der Waals surface area contributed by atoms with E-state index < -0.39 is 0 Å². The summed E-state index contributed by atoms with van der Waals surface area (Å²) in [7, 11) is 1.81. The van der Waals surface area contributed by atoms with Crippen LogP contribution >= 0.6 is 0 Å². The Balaban J connectivity index is 2.90. The average Bonchev–Trinajstić information content (AvgIpc) is 2.15. The van der Waals surface area contributed by atoms with E-state index in [4.69, 9.17) is 0 Å². The van der Waals surface area contributed by atoms with Gasteiger partial charge in [-0.1, -0.05) is 36.5 Å². The van der Waals surface area contributed by atoms with Crippen LogP contribution in [0.1, 0.15) is 6.92 Å². The van der Waals surface area contributed by atoms with Crippen LogP contribution in [-0.2, 0) is 0 Å². The molecule has 1 heteroatoms. The summed E-state index contributed by atoms with van der Waals surface area (Å²) in [6, 6.07) is 0. The Kier molecular flexibility index (Phi) is 3.27. The van der Waals surface area contributed by atoms with Gasteiger partial charge in [-0.2, -0.15) is 0 Å². The number of rotatable bonds is 1. The van der Waals surface area contributed by atoms with Crippen molar-refractivity contribution in [3.8, 4) is 0 Å². The fraction of sp³-hybridized carbons (Fsp3) is 0.182. The lowest BCUT2D eigenvalue weighted by Crippen LogP contribution is -1.98. The third kappa shape index (κ3) is 2.06. The molecule has 0 unspecified atom stereocenters. The third-order valence-electron chi connectivity index (χ3n) is 1.65. The van der Waals surface area contributed by atoms with E-state index in [0.29, 0.717) is 0 Å². The minimum atomic E-state index is 1.04. The second kappa shape index (κ2) is 4.50. The highest BCUT2D eigenvalue weighted by molar-refractivity contribution is 6.11. The zero-order valence-corrected chi connectivity index (χ0v) is 7.49. The molecule has 1 nitrogen and oxygen atoms in total. The summed E-state index contributed by atoms with van der Waals surface area (Å²) in [5.41, 5.74) is 2.20. The molecule has 0 saturated heterocycles. The van der Waals surface area contributed by atoms with Crippen molar-refractivity contribution in [1.82, 2.24) is 0 Å². The number of allylic oxidation sites excluding steroid dienone is 8. The lowest BCUT2D eigenvalue weighted by molar-refractivity contribution is 1.43. The van der Waals surface area contributed by atoms with Crippen molar-refractivity contribution < 1.29 is 0 Å². The Morgan fingerprint density at radius 1 is 1.25 bits per heavy atom. The van der Waals surface area contributed by atoms with E-state index in [1.54, 1.807) is 0 Å². The Hall–Kier alpha value is -1.37. The van der Waals surface area contributed by atoms with Gasteiger partial charge >= 0.3 is 0 Å². The fourth-order valence-electron chi connectivity index (χ4n) is 1.03. The van der Waals surface area contributed by atoms with Crippen LogP contribution < -0.4 is 0 Å². The molecule has 0 bridgehead atoms. The van der Waals surface area contributed by atoms with Gasteiger partial charge in [0.25, 0.3) is 0 Å². The third-order valence-corrected chi connectivity index (χ3v) is 1.65. The van der Waals surface area contributed by atoms with Crippen molar-refractivity contribution in [2.24, 2.45) is 4.99 Å². The Morgan fingerprint density at radius 3 is 2.67 bits per heavy atom. The molecule has 0 N–H and O–H groups in total. The monoisotopic (exact) mass is 159 g/mol. The molecule has 0 amide bonds. The quantitative estimate of drug-likeness (QED) is 0.557. The van der Waals surface area contributed by atoms with Crippen LogP contribution in [0, 0.1) is 0 Å². The Bertz CT molecular complexity index is 288. The summed E-state index contributed by atoms with van der Waals surface area (Å²) in [6.07, 6.45) is 14.2. The van der Waals surface area contributed by atoms with Crippen molar-refractivity contribution >= 4 is 5.71 Å². The van der Waals surface area contributed by atoms with Gasteiger partial charge in [-0.25, -0.2) is 0 Å². The van der Waals surface area contributed by atoms with Crippen LogP contribution in [0.3, 0.4) is 0 Å². The van der Waals surface area contributed by atoms with E-state index >= 15 is 0 Å². The van der Waals surface area contributed by atoms with Gasteiger partial charge in [0.1, 0.15) is 0 Å². The van der Waals surface area contributed by atoms with Crippen LogP contribution in [0.5, 0.6) is 0 Å². The van der Waals surface area contributed by atoms with Crippen molar-refractivity contribution in [3.63, 3.8) is 0 Å². The van der Waals surface area contributed by atoms with Crippen molar-refractivity contribution in [2.75, 3.05) is 7.05 Å². The van der Waals surface area contributed by atoms with E-state index in [-0.39, 0.29) is 0 Å². The molecule has 0 aromatic carbocycles. The van der Waals surface area contributed by atoms with Crippen molar-refractivity contribution in [1.29, 1.82) is 0 Å². The summed E-state index contributed by atoms with van der Waals surface area (Å²) in [6.45, 7) is 2.00. The van der Waals surface area contributed by atoms with E-state index in [1.165, 1.54) is 0 Å². The molecule has 1 rings (SSSR count). The lowest BCUT2D eigenvalue weighted by atomic mass is 10.1. The first-order chi connectivity index (χ1) is 5.88. The molecule has 62 valence electrons. The van der Waals surface area contributed by atoms with Crippen LogP contribution in [0.4, 0.5) is 0 Å². The van der Waals surface area contributed by atoms with Gasteiger partial charge in [0.05, 0.1) is 5.71 Å². The predicted molar refractivity (Wildman–Crippen MR) is 54.5 cm³/mol. The van der Waals surface area contributed by atoms with E-state index in [2.05, 4.69) is 17.1 Å². The molecule has 0 atom stereocenters. The first-order valence-corrected chi connectivity index (χ1v) is 4.03. The average molecular weight is 159 g/mol. The maximum Gasteiger partial charge on any atom is 0.0643 e. The molecule has 1 aliphatic rings. The zero-order valence-electron chi connectivity index (χ0n) is 7.49. The molecular formula is C11H13N. The van der Waals surface area contributed by atoms with E-state index in [1.807, 2.05) is 44.4 Å². The van der Waals surface area contributed by atoms with E-state index in [9.17, 15) is 0 Å². The topological polar surface area (TPSA) is 12.4 Å². The summed E-state index contributed by atoms with van der Waals surface area (Å²) in [5, 5.41) is 0. The van der Waals surface area contributed by atoms with Gasteiger partial charge in [-0.05, 0) is 18.6 Å². The predicted octanol–water partition coefficient (Wildman–Crippen LogP) is 2.69. The first-order valence-electron chi connectivity index (χ1n) is 4.03. The molecule has 0 fully saturated rings. The highest BCUT2D eigenvalue weighted by Crippen LogP contribution is 2.07. The molecule has 12 heavy (non-hydrogen) atoms. The summed E-state index contributed by atoms with van der Waals surface area (Å²) < 4.78 is 0. The van der Waals surface area contributed by atoms with Crippen molar-refractivity contribution in [3.05, 3.63) is 48.1 Å². The molecule has 0 saturated carbocycles. The molecule has 0 spiro atoms. The molecule has 0 radical (unpaired) electrons. The van der Waals surface area contributed by atoms with Crippen LogP contribution in [0.2, 0.25) is 0 Å². The second-order valence-corrected chi connectivity index (χ2v) is 2.47. The van der Waals surface area contributed by atoms with Gasteiger partial charge < -0.3 is 0 Å². The molecule has 0 aliphatic heterocycles. The summed E-state index contributed by atoms with van der Waals surface area (Å²) in [4.78, 5) is 4.16. The van der Waals surface area contributed by atoms with Gasteiger partial charge in [0, 0.05) is 7.05 Å². The molecule has 0 aromatic rings. The van der Waals surface area contributed by atoms with Crippen LogP contribution in [-0.4, -0.2) is 12.8 Å². The molecule has 0 heterocycles. The van der Waals surface area contributed by atoms with Gasteiger partial charge in [0.15, 0.2) is 0 Å². The Labute approximate surface area is 73.5 Å². The first kappa shape index (κ1) is 8.72. The van der Waals surface area contributed by atoms with Crippen LogP contribution in [0.25, 0.3) is 0 Å². The van der Waals surface area contributed by atoms with E-state index in [0.717, 1.165) is 11.3 Å². The highest BCUT2D eigenvalue weighted by Gasteiger charge is 1.99. The standard InChI is InChI=1S/C11H13N/c1-3-4-7-10-8-5-6-9-11(10)12-2/h3-9H,1-2H3/b4-3-,10-7-,12-11+. The van der Waals surface area contributed by atoms with Gasteiger partial charge in [-0.3, -0.25) is 4.99 Å². The minimum absolute atomic E-state index is 1.04. The number of hydrogen-bond acceptors (Lipinski definition) is 1. The van der Waals surface area contributed by atoms with Crippen LogP contribution in [0.15, 0.2) is 53.1 Å². The fourth-order valence-corrected chi connectivity index (χ4v) is 1.03. The molecular weight excluding hydrogens is 146 g/mol. The van der Waals surface area contributed by atoms with Gasteiger partial charge in [-0.15, -0.1) is 0 Å². The summed E-state index contributed by atoms with van der Waals surface area (Å²) >= 11 is 0. The van der Waals surface area contributed by atoms with Gasteiger partial charge in [0.2, 0.25) is 0 Å². The maximum atomic E-state index is 4.16. The minimum Gasteiger partial charge on any atom is -0.288 e. The largest absolute Gasteiger partial charge is 0.288 e. The second-order valence-electron chi connectivity index (χ2n) is 2.47. The number of hydrogen-bond donors (Lipinski definition) is 0. The summed E-state index contributed by atoms with van der Waals surface area (Å²) in [5.74, 6) is 0. The number of nitrogens with zero attached hydrogens (tertiary/aromatic N) is 1. The molecule has 0 aromatic heterocycles. The Morgan fingerprint density at radius 2 is 2.00 bits per heavy atom. The maximum absolute atomic E-state index is 4.16. The highest BCUT2D eigenvalue weighted by atomic mass is 14.7. The molecule has 1 aliphatic carbocycles. The SMILES string of the molecule is C\C=C/C=C1/C=CC=C/C1=N\C. The zero-order chi connectivity index (χ0) is 8.81. The smallest absolute Gasteiger partial charge is 0.0643 e. The normalized spacial score (nSPS) is 23.2. The number of aliphatic imine (C=N–C) groups is 1. The van der Waals surface area contributed by atoms with Crippen molar-refractivity contribution in [2.45, 2.75) is 6.92 Å².